The van der Waals surface area contributed by atoms with Gasteiger partial charge in [-0.3, -0.25) is 14.0 Å². The van der Waals surface area contributed by atoms with Gasteiger partial charge >= 0.3 is 0 Å². The van der Waals surface area contributed by atoms with E-state index < -0.39 is 5.91 Å². The molecular weight excluding hydrogens is 300 g/mol. The van der Waals surface area contributed by atoms with Gasteiger partial charge < -0.3 is 10.3 Å². The highest BCUT2D eigenvalue weighted by molar-refractivity contribution is 7.15. The second-order valence-corrected chi connectivity index (χ2v) is 5.64. The first kappa shape index (κ1) is 12.8. The summed E-state index contributed by atoms with van der Waals surface area (Å²) in [7, 11) is 0. The molecule has 3 heterocycles. The molecule has 0 aliphatic heterocycles. The number of fused-ring (bicyclic) bond motifs is 2. The Morgan fingerprint density at radius 2 is 2.23 bits per heavy atom. The number of nitrogens with zero attached hydrogens (tertiary/aromatic N) is 2. The fraction of sp³-hybridized carbons (Fsp3) is 0. The van der Waals surface area contributed by atoms with Crippen molar-refractivity contribution in [2.75, 3.05) is 5.32 Å². The Labute approximate surface area is 128 Å². The Balaban J connectivity index is 1.70. The Morgan fingerprint density at radius 3 is 3.14 bits per heavy atom. The Hall–Kier alpha value is -2.93. The topological polar surface area (TPSA) is 79.3 Å². The summed E-state index contributed by atoms with van der Waals surface area (Å²) < 4.78 is 1.37. The van der Waals surface area contributed by atoms with Crippen molar-refractivity contribution in [2.24, 2.45) is 0 Å². The highest BCUT2D eigenvalue weighted by Gasteiger charge is 2.14. The molecule has 4 aromatic rings. The van der Waals surface area contributed by atoms with Gasteiger partial charge in [0.2, 0.25) is 0 Å². The number of hydrogen-bond acceptors (Lipinski definition) is 4. The van der Waals surface area contributed by atoms with Crippen LogP contribution >= 0.6 is 11.3 Å². The van der Waals surface area contributed by atoms with Gasteiger partial charge in [0.15, 0.2) is 4.96 Å². The molecule has 22 heavy (non-hydrogen) atoms. The molecule has 7 heteroatoms. The van der Waals surface area contributed by atoms with Gasteiger partial charge in [-0.05, 0) is 23.6 Å². The monoisotopic (exact) mass is 310 g/mol. The first-order valence-electron chi connectivity index (χ1n) is 6.56. The van der Waals surface area contributed by atoms with E-state index in [0.717, 1.165) is 10.9 Å². The van der Waals surface area contributed by atoms with Gasteiger partial charge in [-0.1, -0.05) is 6.07 Å². The summed E-state index contributed by atoms with van der Waals surface area (Å²) >= 11 is 1.34. The molecule has 0 aliphatic rings. The highest BCUT2D eigenvalue weighted by atomic mass is 32.1. The molecule has 0 radical (unpaired) electrons. The summed E-state index contributed by atoms with van der Waals surface area (Å²) in [6.07, 6.45) is 4.75. The SMILES string of the molecule is O=C(Nc1ccc2cc[nH]c2c1)c1cnc2sccn2c1=O. The minimum atomic E-state index is -0.469. The zero-order chi connectivity index (χ0) is 15.1. The number of amides is 1. The number of carbonyl (C=O) groups excluding carboxylic acids is 1. The molecule has 108 valence electrons. The van der Waals surface area contributed by atoms with Crippen molar-refractivity contribution in [3.05, 3.63) is 64.2 Å². The van der Waals surface area contributed by atoms with Crippen molar-refractivity contribution in [1.82, 2.24) is 14.4 Å². The van der Waals surface area contributed by atoms with Crippen molar-refractivity contribution >= 4 is 38.8 Å². The summed E-state index contributed by atoms with van der Waals surface area (Å²) in [5.74, 6) is -0.469. The largest absolute Gasteiger partial charge is 0.361 e. The number of anilines is 1. The Kier molecular flexibility index (Phi) is 2.80. The van der Waals surface area contributed by atoms with Crippen LogP contribution in [0.1, 0.15) is 10.4 Å². The highest BCUT2D eigenvalue weighted by Crippen LogP contribution is 2.18. The molecule has 0 unspecified atom stereocenters. The van der Waals surface area contributed by atoms with E-state index in [9.17, 15) is 9.59 Å². The second-order valence-electron chi connectivity index (χ2n) is 4.77. The molecule has 0 saturated carbocycles. The third-order valence-corrected chi connectivity index (χ3v) is 4.17. The van der Waals surface area contributed by atoms with E-state index in [4.69, 9.17) is 0 Å². The summed E-state index contributed by atoms with van der Waals surface area (Å²) in [4.78, 5) is 32.3. The van der Waals surface area contributed by atoms with E-state index in [1.807, 2.05) is 24.4 Å². The summed E-state index contributed by atoms with van der Waals surface area (Å²) in [5.41, 5.74) is 1.18. The van der Waals surface area contributed by atoms with E-state index in [1.54, 1.807) is 17.6 Å². The number of thiazole rings is 1. The third-order valence-electron chi connectivity index (χ3n) is 3.40. The van der Waals surface area contributed by atoms with Crippen LogP contribution in [0.3, 0.4) is 0 Å². The fourth-order valence-corrected chi connectivity index (χ4v) is 2.98. The number of rotatable bonds is 2. The lowest BCUT2D eigenvalue weighted by Gasteiger charge is -2.05. The average Bonchev–Trinajstić information content (AvgIpc) is 3.15. The molecule has 1 aromatic carbocycles. The molecule has 0 fully saturated rings. The zero-order valence-electron chi connectivity index (χ0n) is 11.2. The van der Waals surface area contributed by atoms with Gasteiger partial charge in [0.05, 0.1) is 0 Å². The van der Waals surface area contributed by atoms with Crippen LogP contribution in [0.15, 0.2) is 53.0 Å². The van der Waals surface area contributed by atoms with Crippen molar-refractivity contribution in [1.29, 1.82) is 0 Å². The first-order valence-corrected chi connectivity index (χ1v) is 7.44. The number of aromatic amines is 1. The van der Waals surface area contributed by atoms with E-state index in [2.05, 4.69) is 15.3 Å². The van der Waals surface area contributed by atoms with E-state index >= 15 is 0 Å². The zero-order valence-corrected chi connectivity index (χ0v) is 12.1. The summed E-state index contributed by atoms with van der Waals surface area (Å²) in [6, 6.07) is 7.46. The number of nitrogens with one attached hydrogen (secondary N) is 2. The fourth-order valence-electron chi connectivity index (χ4n) is 2.30. The van der Waals surface area contributed by atoms with Gasteiger partial charge in [-0.2, -0.15) is 0 Å². The predicted molar refractivity (Wildman–Crippen MR) is 85.6 cm³/mol. The van der Waals surface area contributed by atoms with Gasteiger partial charge in [0.1, 0.15) is 5.56 Å². The van der Waals surface area contributed by atoms with Gasteiger partial charge in [-0.15, -0.1) is 11.3 Å². The van der Waals surface area contributed by atoms with Gasteiger partial charge in [-0.25, -0.2) is 4.98 Å². The maximum absolute atomic E-state index is 12.3. The van der Waals surface area contributed by atoms with Crippen LogP contribution in [-0.2, 0) is 0 Å². The number of aromatic nitrogens is 3. The van der Waals surface area contributed by atoms with Crippen molar-refractivity contribution < 1.29 is 4.79 Å². The normalized spacial score (nSPS) is 11.1. The van der Waals surface area contributed by atoms with Crippen LogP contribution in [0.4, 0.5) is 5.69 Å². The standard InChI is InChI=1S/C15H10N4O2S/c20-13(11-8-17-15-19(14(11)21)5-6-22-15)18-10-2-1-9-3-4-16-12(9)7-10/h1-8,16H,(H,18,20). The Bertz CT molecular complexity index is 1060. The van der Waals surface area contributed by atoms with Crippen LogP contribution in [0, 0.1) is 0 Å². The summed E-state index contributed by atoms with van der Waals surface area (Å²) in [5, 5.41) is 5.54. The lowest BCUT2D eigenvalue weighted by Crippen LogP contribution is -2.25. The lowest BCUT2D eigenvalue weighted by atomic mass is 10.2. The molecule has 0 aliphatic carbocycles. The molecule has 1 amide bonds. The van der Waals surface area contributed by atoms with Crippen LogP contribution in [-0.4, -0.2) is 20.3 Å². The van der Waals surface area contributed by atoms with Crippen molar-refractivity contribution in [2.45, 2.75) is 0 Å². The average molecular weight is 310 g/mol. The van der Waals surface area contributed by atoms with E-state index in [-0.39, 0.29) is 11.1 Å². The van der Waals surface area contributed by atoms with Gasteiger partial charge in [0, 0.05) is 35.2 Å². The van der Waals surface area contributed by atoms with Crippen LogP contribution in [0.2, 0.25) is 0 Å². The molecule has 0 spiro atoms. The molecule has 3 aromatic heterocycles. The number of carbonyl (C=O) groups is 1. The molecule has 6 nitrogen and oxygen atoms in total. The summed E-state index contributed by atoms with van der Waals surface area (Å²) in [6.45, 7) is 0. The van der Waals surface area contributed by atoms with Crippen molar-refractivity contribution in [3.63, 3.8) is 0 Å². The smallest absolute Gasteiger partial charge is 0.271 e. The lowest BCUT2D eigenvalue weighted by molar-refractivity contribution is 0.102. The maximum atomic E-state index is 12.3. The van der Waals surface area contributed by atoms with Crippen molar-refractivity contribution in [3.8, 4) is 0 Å². The molecule has 0 saturated heterocycles. The predicted octanol–water partition coefficient (Wildman–Crippen LogP) is 2.49. The molecular formula is C15H10N4O2S. The Morgan fingerprint density at radius 1 is 1.32 bits per heavy atom. The van der Waals surface area contributed by atoms with E-state index in [0.29, 0.717) is 10.6 Å². The van der Waals surface area contributed by atoms with Crippen LogP contribution in [0.25, 0.3) is 15.9 Å². The molecule has 0 atom stereocenters. The van der Waals surface area contributed by atoms with Crippen LogP contribution in [0.5, 0.6) is 0 Å². The molecule has 0 bridgehead atoms. The maximum Gasteiger partial charge on any atom is 0.271 e. The minimum Gasteiger partial charge on any atom is -0.361 e. The second kappa shape index (κ2) is 4.81. The number of benzene rings is 1. The quantitative estimate of drug-likeness (QED) is 0.597. The minimum absolute atomic E-state index is 0.0162. The molecule has 4 rings (SSSR count). The van der Waals surface area contributed by atoms with Crippen LogP contribution < -0.4 is 10.9 Å². The van der Waals surface area contributed by atoms with E-state index in [1.165, 1.54) is 21.9 Å². The molecule has 2 N–H and O–H groups in total. The van der Waals surface area contributed by atoms with Gasteiger partial charge in [0.25, 0.3) is 11.5 Å². The third kappa shape index (κ3) is 1.99. The first-order chi connectivity index (χ1) is 10.7. The number of hydrogen-bond donors (Lipinski definition) is 2. The number of H-pyrrole nitrogens is 1.